The van der Waals surface area contributed by atoms with Crippen LogP contribution in [0.4, 0.5) is 5.69 Å². The number of anilines is 1. The predicted molar refractivity (Wildman–Crippen MR) is 160 cm³/mol. The quantitative estimate of drug-likeness (QED) is 0.270. The standard InChI is InChI=1S/C33H28N2.C2H6/c1-23-21-22-25-12-6-8-17-28(25)32(23)35-33(26-13-3-2-4-14-26)31-20-10-19-30(34-31)29-18-9-15-24-11-5-7-16-27(24)29;1-2/h3,5-22,33,35H,2,4H2,1H3;1-2H3. The highest BCUT2D eigenvalue weighted by atomic mass is 15.0. The highest BCUT2D eigenvalue weighted by Crippen LogP contribution is 2.35. The first kappa shape index (κ1) is 24.5. The van der Waals surface area contributed by atoms with E-state index in [1.165, 1.54) is 43.9 Å². The van der Waals surface area contributed by atoms with Crippen LogP contribution in [0.2, 0.25) is 0 Å². The van der Waals surface area contributed by atoms with Gasteiger partial charge in [0.2, 0.25) is 0 Å². The summed E-state index contributed by atoms with van der Waals surface area (Å²) in [6.45, 7) is 6.18. The molecule has 0 saturated carbocycles. The van der Waals surface area contributed by atoms with Crippen LogP contribution in [-0.2, 0) is 0 Å². The molecule has 5 aromatic rings. The average molecular weight is 483 g/mol. The van der Waals surface area contributed by atoms with Gasteiger partial charge in [-0.3, -0.25) is 4.98 Å². The van der Waals surface area contributed by atoms with Crippen molar-refractivity contribution >= 4 is 27.2 Å². The fourth-order valence-electron chi connectivity index (χ4n) is 5.10. The Morgan fingerprint density at radius 3 is 2.19 bits per heavy atom. The molecule has 0 amide bonds. The molecule has 1 unspecified atom stereocenters. The van der Waals surface area contributed by atoms with Gasteiger partial charge in [0.05, 0.1) is 17.4 Å². The number of hydrogen-bond donors (Lipinski definition) is 1. The lowest BCUT2D eigenvalue weighted by molar-refractivity contribution is 0.861. The molecule has 0 fully saturated rings. The van der Waals surface area contributed by atoms with E-state index in [0.717, 1.165) is 24.2 Å². The van der Waals surface area contributed by atoms with Gasteiger partial charge < -0.3 is 5.32 Å². The number of benzene rings is 4. The van der Waals surface area contributed by atoms with Crippen molar-refractivity contribution in [1.29, 1.82) is 0 Å². The zero-order valence-electron chi connectivity index (χ0n) is 21.9. The number of hydrogen-bond acceptors (Lipinski definition) is 2. The van der Waals surface area contributed by atoms with Crippen LogP contribution in [-0.4, -0.2) is 4.98 Å². The second-order valence-electron chi connectivity index (χ2n) is 9.21. The molecule has 184 valence electrons. The van der Waals surface area contributed by atoms with Crippen molar-refractivity contribution in [2.45, 2.75) is 39.7 Å². The Hall–Kier alpha value is -4.17. The molecule has 0 spiro atoms. The van der Waals surface area contributed by atoms with E-state index in [1.807, 2.05) is 13.8 Å². The lowest BCUT2D eigenvalue weighted by Crippen LogP contribution is -2.16. The molecule has 6 rings (SSSR count). The average Bonchev–Trinajstić information content (AvgIpc) is 2.98. The monoisotopic (exact) mass is 482 g/mol. The maximum absolute atomic E-state index is 5.24. The summed E-state index contributed by atoms with van der Waals surface area (Å²) in [4.78, 5) is 5.24. The molecule has 37 heavy (non-hydrogen) atoms. The van der Waals surface area contributed by atoms with E-state index in [0.29, 0.717) is 0 Å². The Bertz CT molecular complexity index is 1590. The highest BCUT2D eigenvalue weighted by molar-refractivity contribution is 5.96. The number of allylic oxidation sites excluding steroid dienone is 2. The van der Waals surface area contributed by atoms with Crippen LogP contribution in [0.15, 0.2) is 121 Å². The molecule has 1 N–H and O–H groups in total. The lowest BCUT2D eigenvalue weighted by atomic mass is 9.95. The van der Waals surface area contributed by atoms with Gasteiger partial charge in [0.15, 0.2) is 0 Å². The normalized spacial score (nSPS) is 13.5. The van der Waals surface area contributed by atoms with Gasteiger partial charge in [0.1, 0.15) is 0 Å². The van der Waals surface area contributed by atoms with E-state index in [9.17, 15) is 0 Å². The maximum atomic E-state index is 5.24. The van der Waals surface area contributed by atoms with Gasteiger partial charge in [0, 0.05) is 16.6 Å². The minimum absolute atomic E-state index is 0.0361. The van der Waals surface area contributed by atoms with Crippen LogP contribution in [0.1, 0.15) is 44.0 Å². The van der Waals surface area contributed by atoms with Gasteiger partial charge in [-0.05, 0) is 59.2 Å². The van der Waals surface area contributed by atoms with Crippen LogP contribution in [0.3, 0.4) is 0 Å². The number of aromatic nitrogens is 1. The van der Waals surface area contributed by atoms with Crippen molar-refractivity contribution < 1.29 is 0 Å². The topological polar surface area (TPSA) is 24.9 Å². The van der Waals surface area contributed by atoms with Crippen LogP contribution >= 0.6 is 0 Å². The number of nitrogens with zero attached hydrogens (tertiary/aromatic N) is 1. The number of aryl methyl sites for hydroxylation is 1. The fraction of sp³-hybridized carbons (Fsp3) is 0.171. The van der Waals surface area contributed by atoms with Crippen molar-refractivity contribution in [3.8, 4) is 11.3 Å². The first-order chi connectivity index (χ1) is 18.3. The van der Waals surface area contributed by atoms with Crippen LogP contribution < -0.4 is 5.32 Å². The summed E-state index contributed by atoms with van der Waals surface area (Å²) >= 11 is 0. The van der Waals surface area contributed by atoms with E-state index >= 15 is 0 Å². The van der Waals surface area contributed by atoms with Crippen molar-refractivity contribution in [3.63, 3.8) is 0 Å². The molecule has 4 aromatic carbocycles. The van der Waals surface area contributed by atoms with E-state index < -0.39 is 0 Å². The van der Waals surface area contributed by atoms with E-state index in [1.54, 1.807) is 0 Å². The molecule has 0 radical (unpaired) electrons. The summed E-state index contributed by atoms with van der Waals surface area (Å²) in [5.74, 6) is 0. The molecule has 0 aliphatic heterocycles. The zero-order valence-corrected chi connectivity index (χ0v) is 21.9. The maximum Gasteiger partial charge on any atom is 0.0937 e. The smallest absolute Gasteiger partial charge is 0.0937 e. The Balaban J connectivity index is 0.00000137. The Morgan fingerprint density at radius 2 is 1.41 bits per heavy atom. The van der Waals surface area contributed by atoms with Crippen LogP contribution in [0, 0.1) is 6.92 Å². The van der Waals surface area contributed by atoms with E-state index in [4.69, 9.17) is 4.98 Å². The number of pyridine rings is 1. The second kappa shape index (κ2) is 11.3. The Morgan fingerprint density at radius 1 is 0.703 bits per heavy atom. The first-order valence-corrected chi connectivity index (χ1v) is 13.3. The van der Waals surface area contributed by atoms with Gasteiger partial charge in [-0.2, -0.15) is 0 Å². The summed E-state index contributed by atoms with van der Waals surface area (Å²) in [6.07, 6.45) is 9.03. The minimum Gasteiger partial charge on any atom is -0.372 e. The van der Waals surface area contributed by atoms with Crippen LogP contribution in [0.5, 0.6) is 0 Å². The first-order valence-electron chi connectivity index (χ1n) is 13.3. The molecule has 1 aromatic heterocycles. The summed E-state index contributed by atoms with van der Waals surface area (Å²) in [6, 6.07) is 34.3. The molecule has 0 saturated heterocycles. The van der Waals surface area contributed by atoms with Gasteiger partial charge in [-0.25, -0.2) is 0 Å². The molecule has 1 aliphatic carbocycles. The fourth-order valence-corrected chi connectivity index (χ4v) is 5.10. The third kappa shape index (κ3) is 5.06. The molecule has 2 heteroatoms. The van der Waals surface area contributed by atoms with Crippen molar-refractivity contribution in [3.05, 3.63) is 132 Å². The number of fused-ring (bicyclic) bond motifs is 2. The SMILES string of the molecule is CC.Cc1ccc2ccccc2c1NC(C1=CCCC=C1)c1cccc(-c2cccc3ccccc23)n1. The zero-order chi connectivity index (χ0) is 25.6. The molecule has 1 atom stereocenters. The number of rotatable bonds is 5. The number of nitrogens with one attached hydrogen (secondary N) is 1. The predicted octanol–water partition coefficient (Wildman–Crippen LogP) is 9.82. The Kier molecular flexibility index (Phi) is 7.46. The van der Waals surface area contributed by atoms with Crippen molar-refractivity contribution in [2.75, 3.05) is 5.32 Å². The molecule has 1 heterocycles. The van der Waals surface area contributed by atoms with Crippen LogP contribution in [0.25, 0.3) is 32.8 Å². The largest absolute Gasteiger partial charge is 0.372 e. The van der Waals surface area contributed by atoms with E-state index in [2.05, 4.69) is 128 Å². The summed E-state index contributed by atoms with van der Waals surface area (Å²) in [5, 5.41) is 8.85. The lowest BCUT2D eigenvalue weighted by Gasteiger charge is -2.25. The third-order valence-corrected chi connectivity index (χ3v) is 6.92. The summed E-state index contributed by atoms with van der Waals surface area (Å²) in [7, 11) is 0. The van der Waals surface area contributed by atoms with Gasteiger partial charge in [-0.1, -0.05) is 117 Å². The summed E-state index contributed by atoms with van der Waals surface area (Å²) in [5.41, 5.74) is 6.87. The van der Waals surface area contributed by atoms with Gasteiger partial charge in [-0.15, -0.1) is 0 Å². The molecule has 1 aliphatic rings. The second-order valence-corrected chi connectivity index (χ2v) is 9.21. The third-order valence-electron chi connectivity index (χ3n) is 6.92. The molecular weight excluding hydrogens is 448 g/mol. The van der Waals surface area contributed by atoms with Crippen molar-refractivity contribution in [1.82, 2.24) is 4.98 Å². The molecule has 0 bridgehead atoms. The highest BCUT2D eigenvalue weighted by Gasteiger charge is 2.20. The minimum atomic E-state index is -0.0361. The summed E-state index contributed by atoms with van der Waals surface area (Å²) < 4.78 is 0. The van der Waals surface area contributed by atoms with Gasteiger partial charge in [0.25, 0.3) is 0 Å². The molecular formula is C35H34N2. The molecule has 2 nitrogen and oxygen atoms in total. The van der Waals surface area contributed by atoms with Crippen molar-refractivity contribution in [2.24, 2.45) is 0 Å². The van der Waals surface area contributed by atoms with E-state index in [-0.39, 0.29) is 6.04 Å². The Labute approximate surface area is 220 Å². The van der Waals surface area contributed by atoms with Gasteiger partial charge >= 0.3 is 0 Å².